The summed E-state index contributed by atoms with van der Waals surface area (Å²) in [5, 5.41) is 2.30. The molecular weight excluding hydrogens is 350 g/mol. The third-order valence-electron chi connectivity index (χ3n) is 4.86. The Bertz CT molecular complexity index is 946. The highest BCUT2D eigenvalue weighted by Gasteiger charge is 2.15. The van der Waals surface area contributed by atoms with E-state index in [9.17, 15) is 4.79 Å². The summed E-state index contributed by atoms with van der Waals surface area (Å²) in [5.74, 6) is 1.53. The molecule has 0 spiro atoms. The van der Waals surface area contributed by atoms with Crippen LogP contribution >= 0.6 is 0 Å². The molecule has 3 aromatic carbocycles. The van der Waals surface area contributed by atoms with Gasteiger partial charge in [-0.3, -0.25) is 4.79 Å². The number of carbonyl (C=O) groups excluding carboxylic acids is 1. The summed E-state index contributed by atoms with van der Waals surface area (Å²) in [6.45, 7) is 5.73. The molecule has 0 unspecified atom stereocenters. The van der Waals surface area contributed by atoms with Gasteiger partial charge >= 0.3 is 0 Å². The number of hydrogen-bond donors (Lipinski definition) is 0. The molecule has 146 valence electrons. The van der Waals surface area contributed by atoms with Crippen molar-refractivity contribution < 1.29 is 14.3 Å². The van der Waals surface area contributed by atoms with Crippen LogP contribution in [0.5, 0.6) is 11.5 Å². The van der Waals surface area contributed by atoms with Crippen molar-refractivity contribution in [3.63, 3.8) is 0 Å². The van der Waals surface area contributed by atoms with Crippen molar-refractivity contribution in [3.05, 3.63) is 71.8 Å². The molecule has 0 saturated heterocycles. The van der Waals surface area contributed by atoms with Gasteiger partial charge in [0.15, 0.2) is 11.5 Å². The van der Waals surface area contributed by atoms with E-state index in [0.29, 0.717) is 31.9 Å². The highest BCUT2D eigenvalue weighted by Crippen LogP contribution is 2.28. The Morgan fingerprint density at radius 2 is 1.75 bits per heavy atom. The second kappa shape index (κ2) is 9.27. The summed E-state index contributed by atoms with van der Waals surface area (Å²) in [5.41, 5.74) is 2.08. The molecule has 0 atom stereocenters. The summed E-state index contributed by atoms with van der Waals surface area (Å²) in [6.07, 6.45) is 0.392. The summed E-state index contributed by atoms with van der Waals surface area (Å²) in [4.78, 5) is 14.9. The van der Waals surface area contributed by atoms with Crippen molar-refractivity contribution in [2.75, 3.05) is 20.3 Å². The quantitative estimate of drug-likeness (QED) is 0.564. The predicted molar refractivity (Wildman–Crippen MR) is 113 cm³/mol. The van der Waals surface area contributed by atoms with Crippen LogP contribution < -0.4 is 9.47 Å². The predicted octanol–water partition coefficient (Wildman–Crippen LogP) is 4.84. The monoisotopic (exact) mass is 377 g/mol. The van der Waals surface area contributed by atoms with Gasteiger partial charge in [0.05, 0.1) is 20.1 Å². The van der Waals surface area contributed by atoms with Crippen molar-refractivity contribution in [2.45, 2.75) is 26.8 Å². The Kier molecular flexibility index (Phi) is 6.53. The first-order chi connectivity index (χ1) is 13.7. The van der Waals surface area contributed by atoms with Crippen molar-refractivity contribution in [1.29, 1.82) is 0 Å². The molecule has 0 aliphatic heterocycles. The zero-order chi connectivity index (χ0) is 19.9. The van der Waals surface area contributed by atoms with Gasteiger partial charge in [0.2, 0.25) is 5.91 Å². The summed E-state index contributed by atoms with van der Waals surface area (Å²) in [7, 11) is 1.63. The number of rotatable bonds is 8. The normalized spacial score (nSPS) is 10.7. The van der Waals surface area contributed by atoms with E-state index < -0.39 is 0 Å². The Balaban J connectivity index is 1.77. The Morgan fingerprint density at radius 1 is 0.964 bits per heavy atom. The molecule has 0 aromatic heterocycles. The van der Waals surface area contributed by atoms with Crippen LogP contribution in [0.1, 0.15) is 25.0 Å². The molecule has 0 aliphatic rings. The van der Waals surface area contributed by atoms with Gasteiger partial charge in [-0.15, -0.1) is 0 Å². The second-order valence-electron chi connectivity index (χ2n) is 6.64. The largest absolute Gasteiger partial charge is 0.493 e. The average Bonchev–Trinajstić information content (AvgIpc) is 2.73. The molecule has 28 heavy (non-hydrogen) atoms. The average molecular weight is 377 g/mol. The van der Waals surface area contributed by atoms with Crippen LogP contribution in [-0.2, 0) is 17.8 Å². The maximum absolute atomic E-state index is 13.0. The van der Waals surface area contributed by atoms with E-state index in [1.807, 2.05) is 61.2 Å². The fourth-order valence-corrected chi connectivity index (χ4v) is 3.40. The minimum atomic E-state index is 0.117. The number of nitrogens with zero attached hydrogens (tertiary/aromatic N) is 1. The van der Waals surface area contributed by atoms with Crippen molar-refractivity contribution in [1.82, 2.24) is 4.90 Å². The van der Waals surface area contributed by atoms with E-state index in [2.05, 4.69) is 18.2 Å². The third kappa shape index (κ3) is 4.45. The van der Waals surface area contributed by atoms with Crippen molar-refractivity contribution in [3.8, 4) is 11.5 Å². The van der Waals surface area contributed by atoms with Crippen molar-refractivity contribution >= 4 is 16.7 Å². The maximum Gasteiger partial charge on any atom is 0.227 e. The lowest BCUT2D eigenvalue weighted by atomic mass is 10.0. The Hall–Kier alpha value is -3.01. The minimum Gasteiger partial charge on any atom is -0.493 e. The standard InChI is InChI=1S/C24H27NO3/c1-4-25(17-18-13-14-22(28-5-2)23(15-18)27-3)24(26)16-20-11-8-10-19-9-6-7-12-21(19)20/h6-15H,4-5,16-17H2,1-3H3. The molecule has 0 heterocycles. The van der Waals surface area contributed by atoms with E-state index in [1.54, 1.807) is 7.11 Å². The summed E-state index contributed by atoms with van der Waals surface area (Å²) in [6, 6.07) is 20.1. The first kappa shape index (κ1) is 19.7. The zero-order valence-corrected chi connectivity index (χ0v) is 16.8. The minimum absolute atomic E-state index is 0.117. The topological polar surface area (TPSA) is 38.8 Å². The van der Waals surface area contributed by atoms with E-state index in [-0.39, 0.29) is 5.91 Å². The number of hydrogen-bond acceptors (Lipinski definition) is 3. The van der Waals surface area contributed by atoms with Gasteiger partial charge in [0, 0.05) is 13.1 Å². The van der Waals surface area contributed by atoms with Crippen LogP contribution in [0.4, 0.5) is 0 Å². The van der Waals surface area contributed by atoms with Crippen LogP contribution in [0.3, 0.4) is 0 Å². The first-order valence-electron chi connectivity index (χ1n) is 9.70. The molecule has 3 aromatic rings. The molecule has 3 rings (SSSR count). The molecule has 0 fully saturated rings. The van der Waals surface area contributed by atoms with E-state index in [1.165, 1.54) is 0 Å². The molecule has 1 amide bonds. The Morgan fingerprint density at radius 3 is 2.50 bits per heavy atom. The van der Waals surface area contributed by atoms with Crippen LogP contribution in [-0.4, -0.2) is 31.1 Å². The molecule has 4 nitrogen and oxygen atoms in total. The van der Waals surface area contributed by atoms with Gasteiger partial charge < -0.3 is 14.4 Å². The van der Waals surface area contributed by atoms with E-state index in [0.717, 1.165) is 27.6 Å². The molecular formula is C24H27NO3. The fourth-order valence-electron chi connectivity index (χ4n) is 3.40. The SMILES string of the molecule is CCOc1ccc(CN(CC)C(=O)Cc2cccc3ccccc23)cc1OC. The van der Waals surface area contributed by atoms with Crippen LogP contribution in [0.2, 0.25) is 0 Å². The fraction of sp³-hybridized carbons (Fsp3) is 0.292. The molecule has 4 heteroatoms. The number of likely N-dealkylation sites (N-methyl/N-ethyl adjacent to an activating group) is 1. The van der Waals surface area contributed by atoms with Gasteiger partial charge in [-0.05, 0) is 47.9 Å². The Labute approximate surface area is 166 Å². The number of benzene rings is 3. The third-order valence-corrected chi connectivity index (χ3v) is 4.86. The molecule has 0 aliphatic carbocycles. The van der Waals surface area contributed by atoms with Crippen LogP contribution in [0.15, 0.2) is 60.7 Å². The van der Waals surface area contributed by atoms with Crippen LogP contribution in [0.25, 0.3) is 10.8 Å². The lowest BCUT2D eigenvalue weighted by molar-refractivity contribution is -0.130. The van der Waals surface area contributed by atoms with E-state index in [4.69, 9.17) is 9.47 Å². The van der Waals surface area contributed by atoms with Crippen LogP contribution in [0, 0.1) is 0 Å². The number of ether oxygens (including phenoxy) is 2. The lowest BCUT2D eigenvalue weighted by Crippen LogP contribution is -2.31. The lowest BCUT2D eigenvalue weighted by Gasteiger charge is -2.22. The molecule has 0 radical (unpaired) electrons. The van der Waals surface area contributed by atoms with E-state index >= 15 is 0 Å². The maximum atomic E-state index is 13.0. The zero-order valence-electron chi connectivity index (χ0n) is 16.8. The number of fused-ring (bicyclic) bond motifs is 1. The smallest absolute Gasteiger partial charge is 0.227 e. The van der Waals surface area contributed by atoms with Gasteiger partial charge in [-0.2, -0.15) is 0 Å². The molecule has 0 saturated carbocycles. The molecule has 0 N–H and O–H groups in total. The highest BCUT2D eigenvalue weighted by molar-refractivity contribution is 5.90. The number of amides is 1. The van der Waals surface area contributed by atoms with Gasteiger partial charge in [-0.1, -0.05) is 48.5 Å². The molecule has 0 bridgehead atoms. The van der Waals surface area contributed by atoms with Crippen molar-refractivity contribution in [2.24, 2.45) is 0 Å². The number of carbonyl (C=O) groups is 1. The van der Waals surface area contributed by atoms with Gasteiger partial charge in [-0.25, -0.2) is 0 Å². The van der Waals surface area contributed by atoms with Gasteiger partial charge in [0.25, 0.3) is 0 Å². The summed E-state index contributed by atoms with van der Waals surface area (Å²) < 4.78 is 11.0. The highest BCUT2D eigenvalue weighted by atomic mass is 16.5. The number of methoxy groups -OCH3 is 1. The first-order valence-corrected chi connectivity index (χ1v) is 9.70. The van der Waals surface area contributed by atoms with Gasteiger partial charge in [0.1, 0.15) is 0 Å². The summed E-state index contributed by atoms with van der Waals surface area (Å²) >= 11 is 0. The second-order valence-corrected chi connectivity index (χ2v) is 6.64.